The molecule has 130 valence electrons. The number of nitrogens with one attached hydrogen (secondary N) is 1. The van der Waals surface area contributed by atoms with E-state index in [1.807, 2.05) is 11.5 Å². The maximum Gasteiger partial charge on any atom is 0.234 e. The van der Waals surface area contributed by atoms with Crippen molar-refractivity contribution in [3.63, 3.8) is 0 Å². The molecule has 3 rings (SSSR count). The van der Waals surface area contributed by atoms with Crippen molar-refractivity contribution < 1.29 is 18.0 Å². The third-order valence-corrected chi connectivity index (χ3v) is 4.22. The molecule has 1 aromatic carbocycles. The van der Waals surface area contributed by atoms with E-state index in [-0.39, 0.29) is 11.4 Å². The molecule has 0 fully saturated rings. The molecule has 0 atom stereocenters. The van der Waals surface area contributed by atoms with Gasteiger partial charge in [-0.1, -0.05) is 11.8 Å². The van der Waals surface area contributed by atoms with E-state index in [0.717, 1.165) is 18.2 Å². The van der Waals surface area contributed by atoms with Gasteiger partial charge in [-0.05, 0) is 31.2 Å². The summed E-state index contributed by atoms with van der Waals surface area (Å²) in [6.07, 6.45) is 1.54. The molecular formula is C16H14F2N4O2S. The van der Waals surface area contributed by atoms with Gasteiger partial charge in [-0.15, -0.1) is 10.2 Å². The summed E-state index contributed by atoms with van der Waals surface area (Å²) in [6, 6.07) is 6.37. The fourth-order valence-corrected chi connectivity index (χ4v) is 3.02. The number of hydrogen-bond donors (Lipinski definition) is 1. The molecule has 0 saturated heterocycles. The Morgan fingerprint density at radius 3 is 2.68 bits per heavy atom. The van der Waals surface area contributed by atoms with Gasteiger partial charge in [-0.2, -0.15) is 0 Å². The van der Waals surface area contributed by atoms with Gasteiger partial charge in [-0.3, -0.25) is 9.36 Å². The van der Waals surface area contributed by atoms with Gasteiger partial charge in [0.2, 0.25) is 5.91 Å². The van der Waals surface area contributed by atoms with E-state index in [4.69, 9.17) is 4.42 Å². The largest absolute Gasteiger partial charge is 0.461 e. The molecule has 25 heavy (non-hydrogen) atoms. The lowest BCUT2D eigenvalue weighted by Crippen LogP contribution is -2.15. The van der Waals surface area contributed by atoms with E-state index >= 15 is 0 Å². The van der Waals surface area contributed by atoms with Crippen molar-refractivity contribution in [3.8, 4) is 11.6 Å². The lowest BCUT2D eigenvalue weighted by molar-refractivity contribution is -0.113. The van der Waals surface area contributed by atoms with Gasteiger partial charge < -0.3 is 9.73 Å². The first-order chi connectivity index (χ1) is 12.1. The highest BCUT2D eigenvalue weighted by Crippen LogP contribution is 2.24. The lowest BCUT2D eigenvalue weighted by atomic mass is 10.3. The second-order valence-electron chi connectivity index (χ2n) is 5.02. The molecule has 0 spiro atoms. The lowest BCUT2D eigenvalue weighted by Gasteiger charge is -2.07. The predicted molar refractivity (Wildman–Crippen MR) is 89.1 cm³/mol. The standard InChI is InChI=1S/C16H14F2N4O2S/c1-2-22-15(13-4-3-5-24-13)20-21-16(22)25-9-14(23)19-12-7-10(17)6-11(18)8-12/h3-8H,2,9H2,1H3,(H,19,23). The summed E-state index contributed by atoms with van der Waals surface area (Å²) >= 11 is 1.17. The van der Waals surface area contributed by atoms with Crippen LogP contribution in [0, 0.1) is 11.6 Å². The molecule has 1 amide bonds. The van der Waals surface area contributed by atoms with Crippen molar-refractivity contribution in [2.45, 2.75) is 18.6 Å². The van der Waals surface area contributed by atoms with Gasteiger partial charge in [0.25, 0.3) is 0 Å². The van der Waals surface area contributed by atoms with Crippen LogP contribution in [0.3, 0.4) is 0 Å². The molecule has 0 aliphatic heterocycles. The zero-order valence-corrected chi connectivity index (χ0v) is 14.0. The molecule has 2 heterocycles. The minimum absolute atomic E-state index is 0.0222. The summed E-state index contributed by atoms with van der Waals surface area (Å²) in [6.45, 7) is 2.53. The number of halogens is 2. The molecule has 0 radical (unpaired) electrons. The highest BCUT2D eigenvalue weighted by atomic mass is 32.2. The van der Waals surface area contributed by atoms with E-state index in [9.17, 15) is 13.6 Å². The number of anilines is 1. The Balaban J connectivity index is 1.66. The minimum Gasteiger partial charge on any atom is -0.461 e. The minimum atomic E-state index is -0.753. The average molecular weight is 364 g/mol. The van der Waals surface area contributed by atoms with Crippen LogP contribution in [0.1, 0.15) is 6.92 Å². The molecule has 0 unspecified atom stereocenters. The van der Waals surface area contributed by atoms with E-state index in [0.29, 0.717) is 23.3 Å². The zero-order valence-electron chi connectivity index (χ0n) is 13.2. The highest BCUT2D eigenvalue weighted by Gasteiger charge is 2.16. The van der Waals surface area contributed by atoms with Gasteiger partial charge >= 0.3 is 0 Å². The van der Waals surface area contributed by atoms with Crippen molar-refractivity contribution in [1.29, 1.82) is 0 Å². The first kappa shape index (κ1) is 17.2. The predicted octanol–water partition coefficient (Wildman–Crippen LogP) is 3.57. The van der Waals surface area contributed by atoms with Gasteiger partial charge in [-0.25, -0.2) is 8.78 Å². The smallest absolute Gasteiger partial charge is 0.234 e. The SMILES string of the molecule is CCn1c(SCC(=O)Nc2cc(F)cc(F)c2)nnc1-c1ccco1. The molecule has 0 aliphatic rings. The van der Waals surface area contributed by atoms with Gasteiger partial charge in [0.05, 0.1) is 12.0 Å². The number of hydrogen-bond acceptors (Lipinski definition) is 5. The quantitative estimate of drug-likeness (QED) is 0.677. The Morgan fingerprint density at radius 2 is 2.04 bits per heavy atom. The van der Waals surface area contributed by atoms with Crippen molar-refractivity contribution in [3.05, 3.63) is 48.2 Å². The number of amides is 1. The second-order valence-corrected chi connectivity index (χ2v) is 5.97. The fraction of sp³-hybridized carbons (Fsp3) is 0.188. The van der Waals surface area contributed by atoms with Crippen LogP contribution in [0.15, 0.2) is 46.2 Å². The molecule has 0 saturated carbocycles. The summed E-state index contributed by atoms with van der Waals surface area (Å²) in [7, 11) is 0. The molecule has 2 aromatic heterocycles. The Kier molecular flexibility index (Phi) is 5.13. The number of rotatable bonds is 6. The van der Waals surface area contributed by atoms with Crippen LogP contribution in [0.4, 0.5) is 14.5 Å². The maximum atomic E-state index is 13.1. The monoisotopic (exact) mass is 364 g/mol. The number of furan rings is 1. The van der Waals surface area contributed by atoms with Crippen LogP contribution in [-0.2, 0) is 11.3 Å². The van der Waals surface area contributed by atoms with Crippen LogP contribution in [0.25, 0.3) is 11.6 Å². The number of thioether (sulfide) groups is 1. The fourth-order valence-electron chi connectivity index (χ4n) is 2.22. The summed E-state index contributed by atoms with van der Waals surface area (Å²) in [4.78, 5) is 12.0. The number of benzene rings is 1. The van der Waals surface area contributed by atoms with E-state index in [1.54, 1.807) is 18.4 Å². The van der Waals surface area contributed by atoms with Crippen molar-refractivity contribution in [1.82, 2.24) is 14.8 Å². The van der Waals surface area contributed by atoms with Crippen molar-refractivity contribution in [2.75, 3.05) is 11.1 Å². The first-order valence-corrected chi connectivity index (χ1v) is 8.41. The topological polar surface area (TPSA) is 73.0 Å². The summed E-state index contributed by atoms with van der Waals surface area (Å²) < 4.78 is 33.4. The molecule has 3 aromatic rings. The molecule has 1 N–H and O–H groups in total. The molecule has 0 bridgehead atoms. The van der Waals surface area contributed by atoms with Crippen LogP contribution < -0.4 is 5.32 Å². The van der Waals surface area contributed by atoms with Gasteiger partial charge in [0.15, 0.2) is 16.7 Å². The number of carbonyl (C=O) groups is 1. The zero-order chi connectivity index (χ0) is 17.8. The van der Waals surface area contributed by atoms with Gasteiger partial charge in [0, 0.05) is 18.3 Å². The Bertz CT molecular complexity index is 860. The Hall–Kier alpha value is -2.68. The summed E-state index contributed by atoms with van der Waals surface area (Å²) in [5.41, 5.74) is 0.0660. The Morgan fingerprint density at radius 1 is 1.28 bits per heavy atom. The van der Waals surface area contributed by atoms with E-state index in [1.165, 1.54) is 11.8 Å². The van der Waals surface area contributed by atoms with E-state index in [2.05, 4.69) is 15.5 Å². The third kappa shape index (κ3) is 4.05. The third-order valence-electron chi connectivity index (χ3n) is 3.25. The van der Waals surface area contributed by atoms with Crippen LogP contribution in [0.2, 0.25) is 0 Å². The van der Waals surface area contributed by atoms with Crippen molar-refractivity contribution >= 4 is 23.4 Å². The maximum absolute atomic E-state index is 13.1. The second kappa shape index (κ2) is 7.47. The highest BCUT2D eigenvalue weighted by molar-refractivity contribution is 7.99. The number of nitrogens with zero attached hydrogens (tertiary/aromatic N) is 3. The number of aromatic nitrogens is 3. The molecule has 9 heteroatoms. The molecule has 0 aliphatic carbocycles. The molecular weight excluding hydrogens is 350 g/mol. The van der Waals surface area contributed by atoms with Crippen LogP contribution in [-0.4, -0.2) is 26.4 Å². The molecule has 6 nitrogen and oxygen atoms in total. The van der Waals surface area contributed by atoms with Crippen LogP contribution in [0.5, 0.6) is 0 Å². The average Bonchev–Trinajstić information content (AvgIpc) is 3.20. The van der Waals surface area contributed by atoms with E-state index < -0.39 is 17.5 Å². The first-order valence-electron chi connectivity index (χ1n) is 7.42. The van der Waals surface area contributed by atoms with Gasteiger partial charge in [0.1, 0.15) is 11.6 Å². The normalized spacial score (nSPS) is 10.8. The number of carbonyl (C=O) groups excluding carboxylic acids is 1. The van der Waals surface area contributed by atoms with Crippen LogP contribution >= 0.6 is 11.8 Å². The summed E-state index contributed by atoms with van der Waals surface area (Å²) in [5.74, 6) is -0.730. The summed E-state index contributed by atoms with van der Waals surface area (Å²) in [5, 5.41) is 11.1. The Labute approximate surface area is 146 Å². The van der Waals surface area contributed by atoms with Crippen molar-refractivity contribution in [2.24, 2.45) is 0 Å².